The van der Waals surface area contributed by atoms with Gasteiger partial charge in [0.15, 0.2) is 0 Å². The van der Waals surface area contributed by atoms with Crippen LogP contribution in [0.1, 0.15) is 53.9 Å². The quantitative estimate of drug-likeness (QED) is 0.424. The van der Waals surface area contributed by atoms with E-state index in [1.165, 1.54) is 19.3 Å². The molecule has 0 saturated heterocycles. The third kappa shape index (κ3) is 4.83. The molecule has 1 unspecified atom stereocenters. The third-order valence-corrected chi connectivity index (χ3v) is 3.50. The van der Waals surface area contributed by atoms with Crippen LogP contribution >= 0.6 is 0 Å². The normalized spacial score (nSPS) is 22.6. The summed E-state index contributed by atoms with van der Waals surface area (Å²) in [6.07, 6.45) is 8.09. The lowest BCUT2D eigenvalue weighted by Crippen LogP contribution is -2.27. The number of rotatable bonds is 2. The molecule has 0 bridgehead atoms. The summed E-state index contributed by atoms with van der Waals surface area (Å²) in [5.41, 5.74) is 3.18. The van der Waals surface area contributed by atoms with Crippen LogP contribution in [0.3, 0.4) is 0 Å². The SMILES string of the molecule is C=CC(=C)C.CCC1C(C)=CCCC1(C)C. The van der Waals surface area contributed by atoms with Crippen LogP contribution in [-0.4, -0.2) is 0 Å². The van der Waals surface area contributed by atoms with E-state index in [1.54, 1.807) is 11.6 Å². The summed E-state index contributed by atoms with van der Waals surface area (Å²) < 4.78 is 0. The lowest BCUT2D eigenvalue weighted by molar-refractivity contribution is 0.209. The lowest BCUT2D eigenvalue weighted by Gasteiger charge is -2.37. The van der Waals surface area contributed by atoms with Gasteiger partial charge in [0, 0.05) is 0 Å². The Hall–Kier alpha value is -0.780. The molecule has 0 nitrogen and oxygen atoms in total. The van der Waals surface area contributed by atoms with Gasteiger partial charge >= 0.3 is 0 Å². The van der Waals surface area contributed by atoms with Crippen LogP contribution in [0.4, 0.5) is 0 Å². The fraction of sp³-hybridized carbons (Fsp3) is 0.625. The second-order valence-electron chi connectivity index (χ2n) is 5.49. The molecule has 0 radical (unpaired) electrons. The summed E-state index contributed by atoms with van der Waals surface area (Å²) in [5.74, 6) is 0.830. The van der Waals surface area contributed by atoms with Crippen molar-refractivity contribution >= 4 is 0 Å². The van der Waals surface area contributed by atoms with Gasteiger partial charge in [0.25, 0.3) is 0 Å². The molecule has 16 heavy (non-hydrogen) atoms. The van der Waals surface area contributed by atoms with Gasteiger partial charge in [-0.25, -0.2) is 0 Å². The molecule has 1 aliphatic carbocycles. The van der Waals surface area contributed by atoms with E-state index in [2.05, 4.69) is 46.9 Å². The molecule has 1 atom stereocenters. The van der Waals surface area contributed by atoms with Crippen molar-refractivity contribution in [3.63, 3.8) is 0 Å². The fourth-order valence-electron chi connectivity index (χ4n) is 2.48. The van der Waals surface area contributed by atoms with E-state index >= 15 is 0 Å². The Labute approximate surface area is 102 Å². The maximum Gasteiger partial charge on any atom is -0.0157 e. The molecule has 0 saturated carbocycles. The summed E-state index contributed by atoms with van der Waals surface area (Å²) >= 11 is 0. The first-order valence-electron chi connectivity index (χ1n) is 6.29. The van der Waals surface area contributed by atoms with E-state index in [-0.39, 0.29) is 0 Å². The van der Waals surface area contributed by atoms with Crippen LogP contribution in [0.5, 0.6) is 0 Å². The molecular formula is C16H28. The highest BCUT2D eigenvalue weighted by molar-refractivity contribution is 5.11. The molecule has 0 aromatic heterocycles. The van der Waals surface area contributed by atoms with Gasteiger partial charge < -0.3 is 0 Å². The van der Waals surface area contributed by atoms with Crippen LogP contribution in [0.2, 0.25) is 0 Å². The first-order chi connectivity index (χ1) is 7.35. The summed E-state index contributed by atoms with van der Waals surface area (Å²) in [5, 5.41) is 0. The van der Waals surface area contributed by atoms with E-state index in [1.807, 2.05) is 6.92 Å². The summed E-state index contributed by atoms with van der Waals surface area (Å²) in [4.78, 5) is 0. The van der Waals surface area contributed by atoms with Crippen molar-refractivity contribution in [2.75, 3.05) is 0 Å². The maximum absolute atomic E-state index is 3.56. The van der Waals surface area contributed by atoms with E-state index in [4.69, 9.17) is 0 Å². The second-order valence-corrected chi connectivity index (χ2v) is 5.49. The van der Waals surface area contributed by atoms with Crippen molar-refractivity contribution in [2.24, 2.45) is 11.3 Å². The average molecular weight is 220 g/mol. The van der Waals surface area contributed by atoms with Crippen LogP contribution in [0.25, 0.3) is 0 Å². The number of hydrogen-bond donors (Lipinski definition) is 0. The minimum Gasteiger partial charge on any atom is -0.0988 e. The Kier molecular flexibility index (Phi) is 6.40. The Morgan fingerprint density at radius 3 is 2.31 bits per heavy atom. The van der Waals surface area contributed by atoms with Gasteiger partial charge in [-0.15, -0.1) is 0 Å². The Balaban J connectivity index is 0.000000385. The maximum atomic E-state index is 3.56. The van der Waals surface area contributed by atoms with Gasteiger partial charge in [0.05, 0.1) is 0 Å². The Bertz CT molecular complexity index is 266. The molecule has 0 aromatic carbocycles. The zero-order chi connectivity index (χ0) is 12.8. The third-order valence-electron chi connectivity index (χ3n) is 3.50. The van der Waals surface area contributed by atoms with Gasteiger partial charge in [0.1, 0.15) is 0 Å². The van der Waals surface area contributed by atoms with Gasteiger partial charge in [-0.3, -0.25) is 0 Å². The topological polar surface area (TPSA) is 0 Å². The lowest BCUT2D eigenvalue weighted by atomic mass is 9.68. The smallest absolute Gasteiger partial charge is 0.0157 e. The molecule has 1 rings (SSSR count). The van der Waals surface area contributed by atoms with Crippen LogP contribution in [0, 0.1) is 11.3 Å². The van der Waals surface area contributed by atoms with Crippen LogP contribution < -0.4 is 0 Å². The summed E-state index contributed by atoms with van der Waals surface area (Å²) in [7, 11) is 0. The first-order valence-corrected chi connectivity index (χ1v) is 6.29. The largest absolute Gasteiger partial charge is 0.0988 e. The minimum atomic E-state index is 0.549. The molecule has 0 heteroatoms. The molecule has 0 heterocycles. The predicted molar refractivity (Wildman–Crippen MR) is 75.6 cm³/mol. The molecule has 0 amide bonds. The Morgan fingerprint density at radius 1 is 1.56 bits per heavy atom. The van der Waals surface area contributed by atoms with Crippen molar-refractivity contribution < 1.29 is 0 Å². The molecule has 92 valence electrons. The fourth-order valence-corrected chi connectivity index (χ4v) is 2.48. The van der Waals surface area contributed by atoms with E-state index in [0.717, 1.165) is 11.5 Å². The van der Waals surface area contributed by atoms with Gasteiger partial charge in [-0.2, -0.15) is 0 Å². The van der Waals surface area contributed by atoms with Crippen molar-refractivity contribution in [3.05, 3.63) is 36.5 Å². The standard InChI is InChI=1S/C11H20.C5H8/c1-5-10-9(2)7-6-8-11(10,3)4;1-4-5(2)3/h7,10H,5-6,8H2,1-4H3;4H,1-2H2,3H3. The summed E-state index contributed by atoms with van der Waals surface area (Å²) in [6.45, 7) is 18.3. The van der Waals surface area contributed by atoms with E-state index in [9.17, 15) is 0 Å². The second kappa shape index (κ2) is 6.73. The average Bonchev–Trinajstić information content (AvgIpc) is 2.17. The van der Waals surface area contributed by atoms with Gasteiger partial charge in [-0.05, 0) is 44.4 Å². The van der Waals surface area contributed by atoms with Crippen LogP contribution in [0.15, 0.2) is 36.5 Å². The molecule has 0 spiro atoms. The molecular weight excluding hydrogens is 192 g/mol. The Morgan fingerprint density at radius 2 is 2.06 bits per heavy atom. The monoisotopic (exact) mass is 220 g/mol. The molecule has 0 N–H and O–H groups in total. The number of allylic oxidation sites excluding steroid dienone is 4. The highest BCUT2D eigenvalue weighted by atomic mass is 14.4. The van der Waals surface area contributed by atoms with Crippen molar-refractivity contribution in [1.29, 1.82) is 0 Å². The van der Waals surface area contributed by atoms with E-state index < -0.39 is 0 Å². The number of hydrogen-bond acceptors (Lipinski definition) is 0. The zero-order valence-corrected chi connectivity index (χ0v) is 11.8. The van der Waals surface area contributed by atoms with E-state index in [0.29, 0.717) is 5.41 Å². The van der Waals surface area contributed by atoms with Gasteiger partial charge in [0.2, 0.25) is 0 Å². The highest BCUT2D eigenvalue weighted by Gasteiger charge is 2.30. The van der Waals surface area contributed by atoms with Crippen molar-refractivity contribution in [1.82, 2.24) is 0 Å². The minimum absolute atomic E-state index is 0.549. The predicted octanol–water partition coefficient (Wildman–Crippen LogP) is 5.53. The molecule has 0 fully saturated rings. The molecule has 0 aromatic rings. The molecule has 1 aliphatic rings. The van der Waals surface area contributed by atoms with Crippen LogP contribution in [-0.2, 0) is 0 Å². The van der Waals surface area contributed by atoms with Crippen molar-refractivity contribution in [2.45, 2.75) is 53.9 Å². The first kappa shape index (κ1) is 15.2. The van der Waals surface area contributed by atoms with Gasteiger partial charge in [-0.1, -0.05) is 57.2 Å². The summed E-state index contributed by atoms with van der Waals surface area (Å²) in [6, 6.07) is 0. The highest BCUT2D eigenvalue weighted by Crippen LogP contribution is 2.42. The zero-order valence-electron chi connectivity index (χ0n) is 11.8. The van der Waals surface area contributed by atoms with Crippen molar-refractivity contribution in [3.8, 4) is 0 Å². The molecule has 0 aliphatic heterocycles.